The van der Waals surface area contributed by atoms with Gasteiger partial charge >= 0.3 is 5.69 Å². The Morgan fingerprint density at radius 1 is 1.33 bits per heavy atom. The van der Waals surface area contributed by atoms with E-state index in [0.29, 0.717) is 29.0 Å². The lowest BCUT2D eigenvalue weighted by Gasteiger charge is -2.06. The van der Waals surface area contributed by atoms with Gasteiger partial charge in [0.2, 0.25) is 11.8 Å². The molecule has 0 amide bonds. The van der Waals surface area contributed by atoms with E-state index in [4.69, 9.17) is 0 Å². The Hall–Kier alpha value is -3.47. The van der Waals surface area contributed by atoms with Crippen molar-refractivity contribution >= 4 is 33.6 Å². The van der Waals surface area contributed by atoms with Crippen molar-refractivity contribution in [3.63, 3.8) is 0 Å². The maximum atomic E-state index is 11.4. The topological polar surface area (TPSA) is 136 Å². The molecule has 1 aromatic carbocycles. The number of fused-ring (bicyclic) bond motifs is 1. The lowest BCUT2D eigenvalue weighted by molar-refractivity contribution is 0.454. The Morgan fingerprint density at radius 2 is 2.20 bits per heavy atom. The van der Waals surface area contributed by atoms with Crippen LogP contribution in [0.4, 0.5) is 5.95 Å². The van der Waals surface area contributed by atoms with E-state index in [1.54, 1.807) is 16.8 Å². The molecule has 1 fully saturated rings. The molecule has 0 atom stereocenters. The summed E-state index contributed by atoms with van der Waals surface area (Å²) in [7, 11) is 0. The molecule has 152 valence electrons. The van der Waals surface area contributed by atoms with E-state index >= 15 is 0 Å². The monoisotopic (exact) mass is 468 g/mol. The minimum atomic E-state index is -0.495. The van der Waals surface area contributed by atoms with Crippen molar-refractivity contribution < 1.29 is 5.11 Å². The molecule has 1 aliphatic carbocycles. The summed E-state index contributed by atoms with van der Waals surface area (Å²) in [6, 6.07) is 8.21. The molecule has 3 aromatic heterocycles. The maximum absolute atomic E-state index is 11.4. The van der Waals surface area contributed by atoms with E-state index in [9.17, 15) is 9.90 Å². The molecular weight excluding hydrogens is 452 g/mol. The predicted molar refractivity (Wildman–Crippen MR) is 113 cm³/mol. The van der Waals surface area contributed by atoms with Crippen molar-refractivity contribution in [2.24, 2.45) is 4.99 Å². The van der Waals surface area contributed by atoms with Gasteiger partial charge in [0.15, 0.2) is 5.65 Å². The van der Waals surface area contributed by atoms with Gasteiger partial charge in [-0.2, -0.15) is 19.6 Å². The van der Waals surface area contributed by atoms with Gasteiger partial charge in [0.25, 0.3) is 5.62 Å². The number of aromatic hydroxyl groups is 1. The molecule has 4 N–H and O–H groups in total. The molecular formula is C19H17BrN8O2. The van der Waals surface area contributed by atoms with Gasteiger partial charge in [0.05, 0.1) is 12.2 Å². The number of hydrogen-bond donors (Lipinski definition) is 4. The van der Waals surface area contributed by atoms with Crippen molar-refractivity contribution in [3.05, 3.63) is 67.5 Å². The summed E-state index contributed by atoms with van der Waals surface area (Å²) in [6.45, 7) is 0.539. The normalized spacial score (nSPS) is 15.2. The number of anilines is 1. The molecule has 10 nitrogen and oxygen atoms in total. The number of benzene rings is 1. The Labute approximate surface area is 177 Å². The third-order valence-electron chi connectivity index (χ3n) is 4.60. The fourth-order valence-electron chi connectivity index (χ4n) is 2.99. The van der Waals surface area contributed by atoms with Gasteiger partial charge < -0.3 is 15.4 Å². The molecule has 0 bridgehead atoms. The minimum Gasteiger partial charge on any atom is -0.493 e. The number of hydrogen-bond acceptors (Lipinski definition) is 7. The first-order valence-corrected chi connectivity index (χ1v) is 10.2. The molecule has 0 unspecified atom stereocenters. The first kappa shape index (κ1) is 18.6. The summed E-state index contributed by atoms with van der Waals surface area (Å²) >= 11 is 3.47. The van der Waals surface area contributed by atoms with Crippen LogP contribution in [0.25, 0.3) is 11.7 Å². The van der Waals surface area contributed by atoms with Crippen LogP contribution in [-0.4, -0.2) is 40.7 Å². The summed E-state index contributed by atoms with van der Waals surface area (Å²) < 4.78 is 2.56. The van der Waals surface area contributed by atoms with Crippen LogP contribution in [0.1, 0.15) is 24.1 Å². The summed E-state index contributed by atoms with van der Waals surface area (Å²) in [5, 5.41) is 18.1. The number of H-pyrrole nitrogens is 2. The predicted octanol–water partition coefficient (Wildman–Crippen LogP) is 0.832. The molecule has 0 saturated heterocycles. The number of halogens is 1. The van der Waals surface area contributed by atoms with Gasteiger partial charge in [0, 0.05) is 16.2 Å². The molecule has 0 radical (unpaired) electrons. The zero-order chi connectivity index (χ0) is 20.7. The number of nitrogens with one attached hydrogen (secondary N) is 3. The van der Waals surface area contributed by atoms with Crippen molar-refractivity contribution in [1.29, 1.82) is 0 Å². The summed E-state index contributed by atoms with van der Waals surface area (Å²) in [5.41, 5.74) is 1.81. The van der Waals surface area contributed by atoms with Crippen LogP contribution >= 0.6 is 15.9 Å². The van der Waals surface area contributed by atoms with Gasteiger partial charge in [0.1, 0.15) is 5.69 Å². The Bertz CT molecular complexity index is 1420. The molecule has 0 spiro atoms. The summed E-state index contributed by atoms with van der Waals surface area (Å²) in [6.07, 6.45) is 5.26. The number of imidazole rings is 1. The van der Waals surface area contributed by atoms with Crippen molar-refractivity contribution in [3.8, 4) is 5.88 Å². The molecule has 11 heteroatoms. The number of nitrogens with zero attached hydrogens (tertiary/aromatic N) is 5. The number of rotatable bonds is 5. The highest BCUT2D eigenvalue weighted by molar-refractivity contribution is 9.10. The second kappa shape index (κ2) is 7.41. The van der Waals surface area contributed by atoms with E-state index in [-0.39, 0.29) is 17.6 Å². The quantitative estimate of drug-likeness (QED) is 0.342. The largest absolute Gasteiger partial charge is 0.493 e. The van der Waals surface area contributed by atoms with Gasteiger partial charge in [-0.05, 0) is 36.6 Å². The average Bonchev–Trinajstić information content (AvgIpc) is 3.35. The second-order valence-corrected chi connectivity index (χ2v) is 7.93. The van der Waals surface area contributed by atoms with E-state index in [2.05, 4.69) is 51.3 Å². The van der Waals surface area contributed by atoms with Crippen LogP contribution in [0, 0.1) is 0 Å². The molecule has 30 heavy (non-hydrogen) atoms. The SMILES string of the molecule is O=c1[nH]c(O)c(C=c2cnn3c(=NC4CC4)nc(NCc4cccc(Br)c4)nc23)[nH]1. The maximum Gasteiger partial charge on any atom is 0.326 e. The third-order valence-corrected chi connectivity index (χ3v) is 5.09. The number of aromatic amines is 2. The second-order valence-electron chi connectivity index (χ2n) is 7.01. The summed E-state index contributed by atoms with van der Waals surface area (Å²) in [4.78, 5) is 30.0. The van der Waals surface area contributed by atoms with E-state index in [0.717, 1.165) is 22.9 Å². The molecule has 0 aliphatic heterocycles. The van der Waals surface area contributed by atoms with Gasteiger partial charge in [-0.15, -0.1) is 0 Å². The van der Waals surface area contributed by atoms with Crippen LogP contribution in [0.2, 0.25) is 0 Å². The summed E-state index contributed by atoms with van der Waals surface area (Å²) in [5.74, 6) is 0.174. The first-order chi connectivity index (χ1) is 14.5. The fourth-order valence-corrected chi connectivity index (χ4v) is 3.43. The highest BCUT2D eigenvalue weighted by Gasteiger charge is 2.21. The number of aromatic nitrogens is 6. The molecule has 1 saturated carbocycles. The van der Waals surface area contributed by atoms with Gasteiger partial charge in [-0.25, -0.2) is 9.79 Å². The average molecular weight is 469 g/mol. The van der Waals surface area contributed by atoms with Crippen LogP contribution in [0.15, 0.2) is 44.7 Å². The standard InChI is InChI=1S/C19H17BrN8O2/c20-12-3-1-2-10(6-12)8-21-17-25-15-11(7-14-16(29)26-19(30)24-14)9-22-28(15)18(27-17)23-13-4-5-13/h1-3,6-7,9,13,29H,4-5,8H2,(H,21,23,27)(H2,24,26,30). The Morgan fingerprint density at radius 3 is 2.93 bits per heavy atom. The zero-order valence-electron chi connectivity index (χ0n) is 15.6. The fraction of sp³-hybridized carbons (Fsp3) is 0.211. The minimum absolute atomic E-state index is 0.246. The van der Waals surface area contributed by atoms with Crippen molar-refractivity contribution in [2.75, 3.05) is 5.32 Å². The van der Waals surface area contributed by atoms with Gasteiger partial charge in [-0.1, -0.05) is 28.1 Å². The van der Waals surface area contributed by atoms with E-state index in [1.807, 2.05) is 24.3 Å². The lowest BCUT2D eigenvalue weighted by Crippen LogP contribution is -2.24. The molecule has 3 heterocycles. The highest BCUT2D eigenvalue weighted by atomic mass is 79.9. The zero-order valence-corrected chi connectivity index (χ0v) is 17.2. The van der Waals surface area contributed by atoms with E-state index < -0.39 is 5.69 Å². The Kier molecular flexibility index (Phi) is 4.58. The lowest BCUT2D eigenvalue weighted by atomic mass is 10.2. The van der Waals surface area contributed by atoms with Crippen LogP contribution < -0.4 is 21.8 Å². The third kappa shape index (κ3) is 3.83. The molecule has 4 aromatic rings. The van der Waals surface area contributed by atoms with E-state index in [1.165, 1.54) is 0 Å². The van der Waals surface area contributed by atoms with Crippen molar-refractivity contribution in [1.82, 2.24) is 29.5 Å². The first-order valence-electron chi connectivity index (χ1n) is 9.36. The smallest absolute Gasteiger partial charge is 0.326 e. The Balaban J connectivity index is 1.59. The van der Waals surface area contributed by atoms with Gasteiger partial charge in [-0.3, -0.25) is 4.98 Å². The van der Waals surface area contributed by atoms with Crippen LogP contribution in [0.3, 0.4) is 0 Å². The highest BCUT2D eigenvalue weighted by Crippen LogP contribution is 2.22. The van der Waals surface area contributed by atoms with Crippen molar-refractivity contribution in [2.45, 2.75) is 25.4 Å². The van der Waals surface area contributed by atoms with Crippen LogP contribution in [-0.2, 0) is 6.54 Å². The van der Waals surface area contributed by atoms with Crippen LogP contribution in [0.5, 0.6) is 5.88 Å². The molecule has 1 aliphatic rings. The molecule has 5 rings (SSSR count).